The molecule has 7 heteroatoms. The Morgan fingerprint density at radius 3 is 2.38 bits per heavy atom. The predicted octanol–water partition coefficient (Wildman–Crippen LogP) is -6.30. The minimum Gasteiger partial charge on any atom is -1.00 e. The van der Waals surface area contributed by atoms with Gasteiger partial charge in [-0.1, -0.05) is 0 Å². The van der Waals surface area contributed by atoms with Gasteiger partial charge >= 0.3 is 0 Å². The zero-order valence-electron chi connectivity index (χ0n) is 7.06. The summed E-state index contributed by atoms with van der Waals surface area (Å²) in [7, 11) is -3.04. The zero-order valence-corrected chi connectivity index (χ0v) is 8.63. The summed E-state index contributed by atoms with van der Waals surface area (Å²) in [6, 6.07) is -0.290. The van der Waals surface area contributed by atoms with E-state index in [0.717, 1.165) is 0 Å². The number of aliphatic hydroxyl groups excluding tert-OH is 2. The third-order valence-corrected chi connectivity index (χ3v) is 3.71. The monoisotopic (exact) mass is 231 g/mol. The van der Waals surface area contributed by atoms with Crippen LogP contribution in [0, 0.1) is 0 Å². The second-order valence-corrected chi connectivity index (χ2v) is 5.21. The second kappa shape index (κ2) is 5.11. The molecule has 5 nitrogen and oxygen atoms in total. The molecule has 1 saturated heterocycles. The molecular formula is C6H14ClNO4S. The Morgan fingerprint density at radius 2 is 2.00 bits per heavy atom. The quantitative estimate of drug-likeness (QED) is 0.451. The average molecular weight is 232 g/mol. The first-order chi connectivity index (χ1) is 5.55. The van der Waals surface area contributed by atoms with Crippen molar-refractivity contribution >= 4 is 9.84 Å². The van der Waals surface area contributed by atoms with Crippen LogP contribution in [0.3, 0.4) is 0 Å². The van der Waals surface area contributed by atoms with E-state index in [4.69, 9.17) is 5.11 Å². The molecule has 0 radical (unpaired) electrons. The van der Waals surface area contributed by atoms with Crippen molar-refractivity contribution in [3.8, 4) is 0 Å². The van der Waals surface area contributed by atoms with Crippen LogP contribution in [-0.2, 0) is 9.84 Å². The number of nitrogens with two attached hydrogens (primary N) is 1. The van der Waals surface area contributed by atoms with Gasteiger partial charge in [-0.05, 0) is 0 Å². The van der Waals surface area contributed by atoms with Crippen LogP contribution in [0.1, 0.15) is 0 Å². The molecule has 0 amide bonds. The van der Waals surface area contributed by atoms with E-state index in [1.807, 2.05) is 0 Å². The zero-order chi connectivity index (χ0) is 9.19. The Hall–Kier alpha value is 0.120. The van der Waals surface area contributed by atoms with Crippen LogP contribution in [0.25, 0.3) is 0 Å². The highest BCUT2D eigenvalue weighted by atomic mass is 35.5. The predicted molar refractivity (Wildman–Crippen MR) is 42.3 cm³/mol. The summed E-state index contributed by atoms with van der Waals surface area (Å²) in [6.07, 6.45) is -0.776. The van der Waals surface area contributed by atoms with Gasteiger partial charge in [0.25, 0.3) is 0 Å². The lowest BCUT2D eigenvalue weighted by molar-refractivity contribution is -0.691. The molecular weight excluding hydrogens is 218 g/mol. The van der Waals surface area contributed by atoms with Gasteiger partial charge in [-0.25, -0.2) is 8.42 Å². The molecule has 1 heterocycles. The molecule has 4 N–H and O–H groups in total. The molecule has 0 aromatic heterocycles. The highest BCUT2D eigenvalue weighted by Gasteiger charge is 2.38. The minimum atomic E-state index is -3.04. The van der Waals surface area contributed by atoms with Gasteiger partial charge in [-0.3, -0.25) is 0 Å². The third-order valence-electron chi connectivity index (χ3n) is 1.96. The Bertz CT molecular complexity index is 243. The summed E-state index contributed by atoms with van der Waals surface area (Å²) in [6.45, 7) is 0.445. The van der Waals surface area contributed by atoms with Crippen LogP contribution in [0.5, 0.6) is 0 Å². The highest BCUT2D eigenvalue weighted by molar-refractivity contribution is 7.91. The molecule has 2 unspecified atom stereocenters. The van der Waals surface area contributed by atoms with E-state index in [2.05, 4.69) is 0 Å². The molecule has 0 spiro atoms. The fourth-order valence-corrected chi connectivity index (χ4v) is 3.22. The molecule has 2 atom stereocenters. The van der Waals surface area contributed by atoms with E-state index < -0.39 is 15.9 Å². The molecule has 0 aromatic carbocycles. The lowest BCUT2D eigenvalue weighted by Gasteiger charge is -2.09. The van der Waals surface area contributed by atoms with Crippen LogP contribution in [0.4, 0.5) is 0 Å². The second-order valence-electron chi connectivity index (χ2n) is 3.06. The van der Waals surface area contributed by atoms with Crippen molar-refractivity contribution in [2.75, 3.05) is 24.7 Å². The number of aliphatic hydroxyl groups is 2. The number of rotatable bonds is 3. The minimum absolute atomic E-state index is 0. The normalized spacial score (nSPS) is 31.2. The van der Waals surface area contributed by atoms with Crippen molar-refractivity contribution in [2.45, 2.75) is 12.1 Å². The van der Waals surface area contributed by atoms with E-state index in [1.54, 1.807) is 5.32 Å². The summed E-state index contributed by atoms with van der Waals surface area (Å²) in [4.78, 5) is 0. The standard InChI is InChI=1S/C6H13NO4S.ClH/c8-2-1-7-5-3-12(10,11)4-6(5)9;/h5-9H,1-4H2;1H. The maximum atomic E-state index is 11.0. The van der Waals surface area contributed by atoms with Gasteiger partial charge < -0.3 is 27.9 Å². The van der Waals surface area contributed by atoms with Crippen LogP contribution in [0.2, 0.25) is 0 Å². The average Bonchev–Trinajstić information content (AvgIpc) is 2.20. The SMILES string of the molecule is O=S1(=O)CC(O)C([NH2+]CCO)C1.[Cl-]. The van der Waals surface area contributed by atoms with Gasteiger partial charge in [0.15, 0.2) is 9.84 Å². The maximum Gasteiger partial charge on any atom is 0.159 e. The largest absolute Gasteiger partial charge is 1.00 e. The first-order valence-electron chi connectivity index (χ1n) is 3.88. The number of quaternary nitrogens is 1. The van der Waals surface area contributed by atoms with Gasteiger partial charge in [0, 0.05) is 0 Å². The number of hydrogen-bond acceptors (Lipinski definition) is 4. The van der Waals surface area contributed by atoms with Gasteiger partial charge in [-0.15, -0.1) is 0 Å². The van der Waals surface area contributed by atoms with Crippen molar-refractivity contribution < 1.29 is 36.4 Å². The molecule has 0 saturated carbocycles. The van der Waals surface area contributed by atoms with Gasteiger partial charge in [0.05, 0.1) is 18.9 Å². The highest BCUT2D eigenvalue weighted by Crippen LogP contribution is 2.08. The van der Waals surface area contributed by atoms with E-state index in [1.165, 1.54) is 0 Å². The molecule has 0 aliphatic carbocycles. The van der Waals surface area contributed by atoms with Gasteiger partial charge in [0.2, 0.25) is 0 Å². The molecule has 1 rings (SSSR count). The molecule has 13 heavy (non-hydrogen) atoms. The fourth-order valence-electron chi connectivity index (χ4n) is 1.37. The summed E-state index contributed by atoms with van der Waals surface area (Å²) >= 11 is 0. The topological polar surface area (TPSA) is 91.2 Å². The number of hydrogen-bond donors (Lipinski definition) is 3. The molecule has 1 aliphatic heterocycles. The van der Waals surface area contributed by atoms with Crippen molar-refractivity contribution in [2.24, 2.45) is 0 Å². The smallest absolute Gasteiger partial charge is 0.159 e. The van der Waals surface area contributed by atoms with Crippen molar-refractivity contribution in [1.82, 2.24) is 0 Å². The Morgan fingerprint density at radius 1 is 1.38 bits per heavy atom. The molecule has 1 aliphatic rings. The van der Waals surface area contributed by atoms with E-state index >= 15 is 0 Å². The van der Waals surface area contributed by atoms with E-state index in [0.29, 0.717) is 6.54 Å². The maximum absolute atomic E-state index is 11.0. The summed E-state index contributed by atoms with van der Waals surface area (Å²) in [5.74, 6) is -0.117. The third kappa shape index (κ3) is 3.78. The number of halogens is 1. The summed E-state index contributed by atoms with van der Waals surface area (Å²) in [5, 5.41) is 19.4. The van der Waals surface area contributed by atoms with Crippen LogP contribution >= 0.6 is 0 Å². The van der Waals surface area contributed by atoms with Crippen molar-refractivity contribution in [1.29, 1.82) is 0 Å². The van der Waals surface area contributed by atoms with Crippen LogP contribution in [-0.4, -0.2) is 55.4 Å². The van der Waals surface area contributed by atoms with Gasteiger partial charge in [0.1, 0.15) is 17.9 Å². The molecule has 1 fully saturated rings. The fraction of sp³-hybridized carbons (Fsp3) is 1.00. The first-order valence-corrected chi connectivity index (χ1v) is 5.70. The van der Waals surface area contributed by atoms with Crippen LogP contribution in [0.15, 0.2) is 0 Å². The van der Waals surface area contributed by atoms with Crippen LogP contribution < -0.4 is 17.7 Å². The Kier molecular flexibility index (Phi) is 5.16. The Balaban J connectivity index is 0.00000144. The molecule has 0 aromatic rings. The van der Waals surface area contributed by atoms with Crippen molar-refractivity contribution in [3.05, 3.63) is 0 Å². The molecule has 0 bridgehead atoms. The van der Waals surface area contributed by atoms with Gasteiger partial charge in [-0.2, -0.15) is 0 Å². The molecule has 80 valence electrons. The summed E-state index contributed by atoms with van der Waals surface area (Å²) < 4.78 is 21.9. The lowest BCUT2D eigenvalue weighted by Crippen LogP contribution is -3.00. The first kappa shape index (κ1) is 13.1. The number of sulfone groups is 1. The van der Waals surface area contributed by atoms with Crippen molar-refractivity contribution in [3.63, 3.8) is 0 Å². The summed E-state index contributed by atoms with van der Waals surface area (Å²) in [5.41, 5.74) is 0. The van der Waals surface area contributed by atoms with E-state index in [9.17, 15) is 13.5 Å². The lowest BCUT2D eigenvalue weighted by atomic mass is 10.2. The van der Waals surface area contributed by atoms with E-state index in [-0.39, 0.29) is 36.6 Å². The Labute approximate surface area is 83.5 Å².